The van der Waals surface area contributed by atoms with Crippen LogP contribution in [0.1, 0.15) is 62.2 Å². The Morgan fingerprint density at radius 1 is 1.19 bits per heavy atom. The Bertz CT molecular complexity index is 760. The van der Waals surface area contributed by atoms with E-state index in [1.807, 2.05) is 0 Å². The fourth-order valence-electron chi connectivity index (χ4n) is 3.06. The Balaban J connectivity index is 2.19. The maximum absolute atomic E-state index is 13.4. The van der Waals surface area contributed by atoms with Crippen molar-refractivity contribution in [3.05, 3.63) is 34.1 Å². The predicted octanol–water partition coefficient (Wildman–Crippen LogP) is 4.88. The summed E-state index contributed by atoms with van der Waals surface area (Å²) in [4.78, 5) is 11.9. The number of unbranched alkanes of at least 4 members (excludes halogenated alkanes) is 6. The lowest BCUT2D eigenvalue weighted by atomic mass is 10.1. The molecule has 1 aromatic heterocycles. The molecular formula is C19H26BrFN4O. The molecule has 2 rings (SSSR count). The van der Waals surface area contributed by atoms with Crippen LogP contribution in [0.4, 0.5) is 10.2 Å². The Morgan fingerprint density at radius 2 is 1.85 bits per heavy atom. The molecule has 142 valence electrons. The molecule has 26 heavy (non-hydrogen) atoms. The van der Waals surface area contributed by atoms with Crippen molar-refractivity contribution in [2.75, 3.05) is 5.73 Å². The van der Waals surface area contributed by atoms with Crippen molar-refractivity contribution >= 4 is 27.7 Å². The van der Waals surface area contributed by atoms with Crippen molar-refractivity contribution in [1.82, 2.24) is 9.78 Å². The zero-order valence-electron chi connectivity index (χ0n) is 15.1. The molecule has 7 heteroatoms. The average Bonchev–Trinajstić information content (AvgIpc) is 2.90. The number of nitrogens with zero attached hydrogens (tertiary/aromatic N) is 2. The van der Waals surface area contributed by atoms with E-state index in [9.17, 15) is 9.18 Å². The molecule has 5 nitrogen and oxygen atoms in total. The van der Waals surface area contributed by atoms with Crippen LogP contribution in [0.25, 0.3) is 11.3 Å². The summed E-state index contributed by atoms with van der Waals surface area (Å²) in [7, 11) is 0. The molecule has 0 aliphatic heterocycles. The van der Waals surface area contributed by atoms with Gasteiger partial charge < -0.3 is 11.5 Å². The molecule has 0 atom stereocenters. The van der Waals surface area contributed by atoms with Crippen LogP contribution in [0.5, 0.6) is 0 Å². The van der Waals surface area contributed by atoms with Crippen LogP contribution in [-0.4, -0.2) is 15.7 Å². The number of amides is 1. The third kappa shape index (κ3) is 5.06. The molecule has 2 aromatic rings. The van der Waals surface area contributed by atoms with Gasteiger partial charge >= 0.3 is 0 Å². The highest BCUT2D eigenvalue weighted by Gasteiger charge is 2.23. The minimum absolute atomic E-state index is 0.103. The topological polar surface area (TPSA) is 86.9 Å². The molecule has 0 aliphatic rings. The van der Waals surface area contributed by atoms with E-state index in [-0.39, 0.29) is 17.2 Å². The Morgan fingerprint density at radius 3 is 2.46 bits per heavy atom. The van der Waals surface area contributed by atoms with Crippen molar-refractivity contribution in [2.24, 2.45) is 5.73 Å². The predicted molar refractivity (Wildman–Crippen MR) is 106 cm³/mol. The number of nitrogens with two attached hydrogens (primary N) is 2. The maximum atomic E-state index is 13.4. The van der Waals surface area contributed by atoms with Gasteiger partial charge in [0.1, 0.15) is 11.4 Å². The van der Waals surface area contributed by atoms with Gasteiger partial charge in [-0.3, -0.25) is 9.48 Å². The van der Waals surface area contributed by atoms with Crippen LogP contribution in [0.2, 0.25) is 0 Å². The average molecular weight is 425 g/mol. The zero-order chi connectivity index (χ0) is 19.1. The van der Waals surface area contributed by atoms with Crippen LogP contribution < -0.4 is 11.5 Å². The van der Waals surface area contributed by atoms with Crippen LogP contribution in [0.3, 0.4) is 0 Å². The summed E-state index contributed by atoms with van der Waals surface area (Å²) in [6, 6.07) is 4.29. The van der Waals surface area contributed by atoms with Gasteiger partial charge in [-0.05, 0) is 40.5 Å². The number of rotatable bonds is 10. The monoisotopic (exact) mass is 424 g/mol. The largest absolute Gasteiger partial charge is 0.382 e. The van der Waals surface area contributed by atoms with E-state index in [2.05, 4.69) is 28.0 Å². The molecule has 0 saturated carbocycles. The Hall–Kier alpha value is -1.89. The summed E-state index contributed by atoms with van der Waals surface area (Å²) >= 11 is 3.35. The smallest absolute Gasteiger partial charge is 0.254 e. The molecule has 1 heterocycles. The van der Waals surface area contributed by atoms with Crippen LogP contribution >= 0.6 is 15.9 Å². The number of aryl methyl sites for hydroxylation is 1. The molecule has 0 aliphatic carbocycles. The molecule has 1 aromatic carbocycles. The van der Waals surface area contributed by atoms with E-state index in [0.717, 1.165) is 12.8 Å². The highest BCUT2D eigenvalue weighted by atomic mass is 79.9. The lowest BCUT2D eigenvalue weighted by Crippen LogP contribution is -2.14. The first-order chi connectivity index (χ1) is 12.5. The van der Waals surface area contributed by atoms with Gasteiger partial charge in [-0.25, -0.2) is 4.39 Å². The standard InChI is InChI=1S/C19H26BrFN4O/c1-2-3-4-5-6-7-8-11-25-17(16(19(23)26)18(22)24-25)14-10-9-13(21)12-15(14)20/h9-10,12H,2-8,11H2,1H3,(H2,22,24)(H2,23,26). The number of primary amides is 1. The van der Waals surface area contributed by atoms with E-state index >= 15 is 0 Å². The molecule has 1 amide bonds. The minimum atomic E-state index is -0.639. The molecule has 0 bridgehead atoms. The van der Waals surface area contributed by atoms with E-state index in [0.29, 0.717) is 22.3 Å². The lowest BCUT2D eigenvalue weighted by Gasteiger charge is -2.11. The summed E-state index contributed by atoms with van der Waals surface area (Å²) in [5, 5.41) is 4.30. The molecule has 0 radical (unpaired) electrons. The van der Waals surface area contributed by atoms with Crippen molar-refractivity contribution in [2.45, 2.75) is 58.4 Å². The van der Waals surface area contributed by atoms with Crippen molar-refractivity contribution < 1.29 is 9.18 Å². The number of nitrogen functional groups attached to an aromatic ring is 1. The summed E-state index contributed by atoms with van der Waals surface area (Å²) in [5.41, 5.74) is 12.8. The Labute approximate surface area is 162 Å². The summed E-state index contributed by atoms with van der Waals surface area (Å²) < 4.78 is 15.7. The Kier molecular flexibility index (Phi) is 7.63. The van der Waals surface area contributed by atoms with Gasteiger partial charge in [-0.15, -0.1) is 0 Å². The van der Waals surface area contributed by atoms with E-state index in [1.165, 1.54) is 44.2 Å². The highest BCUT2D eigenvalue weighted by Crippen LogP contribution is 2.34. The minimum Gasteiger partial charge on any atom is -0.382 e. The highest BCUT2D eigenvalue weighted by molar-refractivity contribution is 9.10. The molecular weight excluding hydrogens is 399 g/mol. The van der Waals surface area contributed by atoms with Crippen molar-refractivity contribution in [1.29, 1.82) is 0 Å². The van der Waals surface area contributed by atoms with Gasteiger partial charge in [0.15, 0.2) is 5.82 Å². The van der Waals surface area contributed by atoms with Gasteiger partial charge in [0.25, 0.3) is 5.91 Å². The summed E-state index contributed by atoms with van der Waals surface area (Å²) in [5.74, 6) is -0.904. The van der Waals surface area contributed by atoms with Gasteiger partial charge in [0, 0.05) is 16.6 Å². The van der Waals surface area contributed by atoms with Gasteiger partial charge in [0.05, 0.1) is 5.69 Å². The molecule has 0 fully saturated rings. The summed E-state index contributed by atoms with van der Waals surface area (Å²) in [6.07, 6.45) is 8.20. The van der Waals surface area contributed by atoms with Crippen LogP contribution in [-0.2, 0) is 6.54 Å². The van der Waals surface area contributed by atoms with Crippen LogP contribution in [0.15, 0.2) is 22.7 Å². The molecule has 4 N–H and O–H groups in total. The van der Waals surface area contributed by atoms with Gasteiger partial charge in [-0.1, -0.05) is 45.4 Å². The number of aromatic nitrogens is 2. The van der Waals surface area contributed by atoms with E-state index < -0.39 is 5.91 Å². The second-order valence-electron chi connectivity index (χ2n) is 6.44. The summed E-state index contributed by atoms with van der Waals surface area (Å²) in [6.45, 7) is 2.83. The van der Waals surface area contributed by atoms with E-state index in [4.69, 9.17) is 11.5 Å². The van der Waals surface area contributed by atoms with E-state index in [1.54, 1.807) is 10.7 Å². The third-order valence-electron chi connectivity index (χ3n) is 4.39. The number of carbonyl (C=O) groups excluding carboxylic acids is 1. The number of halogens is 2. The molecule has 0 saturated heterocycles. The first kappa shape index (κ1) is 20.4. The lowest BCUT2D eigenvalue weighted by molar-refractivity contribution is 0.100. The number of hydrogen-bond acceptors (Lipinski definition) is 3. The first-order valence-corrected chi connectivity index (χ1v) is 9.86. The number of benzene rings is 1. The normalized spacial score (nSPS) is 11.0. The zero-order valence-corrected chi connectivity index (χ0v) is 16.7. The van der Waals surface area contributed by atoms with Gasteiger partial charge in [-0.2, -0.15) is 5.10 Å². The van der Waals surface area contributed by atoms with Crippen molar-refractivity contribution in [3.8, 4) is 11.3 Å². The second-order valence-corrected chi connectivity index (χ2v) is 7.30. The van der Waals surface area contributed by atoms with Gasteiger partial charge in [0.2, 0.25) is 0 Å². The SMILES string of the molecule is CCCCCCCCCn1nc(N)c(C(N)=O)c1-c1ccc(F)cc1Br. The number of carbonyl (C=O) groups is 1. The fraction of sp³-hybridized carbons (Fsp3) is 0.474. The maximum Gasteiger partial charge on any atom is 0.254 e. The molecule has 0 unspecified atom stereocenters. The number of anilines is 1. The van der Waals surface area contributed by atoms with Crippen molar-refractivity contribution in [3.63, 3.8) is 0 Å². The molecule has 0 spiro atoms. The number of hydrogen-bond donors (Lipinski definition) is 2. The third-order valence-corrected chi connectivity index (χ3v) is 5.04. The quantitative estimate of drug-likeness (QED) is 0.532. The van der Waals surface area contributed by atoms with Crippen LogP contribution in [0, 0.1) is 5.82 Å². The fourth-order valence-corrected chi connectivity index (χ4v) is 3.60. The first-order valence-electron chi connectivity index (χ1n) is 9.07. The second kappa shape index (κ2) is 9.71.